The zero-order valence-corrected chi connectivity index (χ0v) is 13.0. The largest absolute Gasteiger partial charge is 0.399 e. The standard InChI is InChI=1S/C14H20N4O2S/c1-11-9-12(2)18(17-11)8-4-7-16-21(19,20)14-6-3-5-13(15)10-14/h3,5-6,9-10,16H,4,7-8,15H2,1-2H3. The summed E-state index contributed by atoms with van der Waals surface area (Å²) in [4.78, 5) is 0.189. The number of hydrogen-bond donors (Lipinski definition) is 2. The van der Waals surface area contributed by atoms with E-state index in [1.54, 1.807) is 12.1 Å². The van der Waals surface area contributed by atoms with Crippen LogP contribution < -0.4 is 10.5 Å². The third-order valence-electron chi connectivity index (χ3n) is 3.11. The van der Waals surface area contributed by atoms with E-state index < -0.39 is 10.0 Å². The summed E-state index contributed by atoms with van der Waals surface area (Å²) in [5, 5.41) is 4.34. The average Bonchev–Trinajstić information content (AvgIpc) is 2.73. The molecular weight excluding hydrogens is 288 g/mol. The molecule has 0 spiro atoms. The Labute approximate surface area is 125 Å². The number of nitrogens with zero attached hydrogens (tertiary/aromatic N) is 2. The summed E-state index contributed by atoms with van der Waals surface area (Å²) in [5.74, 6) is 0. The van der Waals surface area contributed by atoms with Crippen molar-refractivity contribution in [2.45, 2.75) is 31.7 Å². The van der Waals surface area contributed by atoms with Crippen molar-refractivity contribution in [1.82, 2.24) is 14.5 Å². The third kappa shape index (κ3) is 4.05. The van der Waals surface area contributed by atoms with Crippen molar-refractivity contribution in [2.24, 2.45) is 0 Å². The molecule has 1 heterocycles. The minimum atomic E-state index is -3.50. The molecule has 2 rings (SSSR count). The summed E-state index contributed by atoms with van der Waals surface area (Å²) in [6.07, 6.45) is 0.670. The van der Waals surface area contributed by atoms with Gasteiger partial charge >= 0.3 is 0 Å². The van der Waals surface area contributed by atoms with Gasteiger partial charge in [0.25, 0.3) is 0 Å². The second-order valence-electron chi connectivity index (χ2n) is 4.97. The van der Waals surface area contributed by atoms with E-state index in [1.165, 1.54) is 12.1 Å². The molecule has 0 fully saturated rings. The fraction of sp³-hybridized carbons (Fsp3) is 0.357. The number of sulfonamides is 1. The molecule has 6 nitrogen and oxygen atoms in total. The molecule has 0 aliphatic rings. The highest BCUT2D eigenvalue weighted by molar-refractivity contribution is 7.89. The Balaban J connectivity index is 1.89. The predicted octanol–water partition coefficient (Wildman–Crippen LogP) is 1.45. The van der Waals surface area contributed by atoms with Crippen molar-refractivity contribution in [3.63, 3.8) is 0 Å². The summed E-state index contributed by atoms with van der Waals surface area (Å²) in [5.41, 5.74) is 8.07. The molecule has 1 aromatic heterocycles. The van der Waals surface area contributed by atoms with Crippen LogP contribution in [0.15, 0.2) is 35.2 Å². The maximum Gasteiger partial charge on any atom is 0.240 e. The van der Waals surface area contributed by atoms with Gasteiger partial charge in [0.1, 0.15) is 0 Å². The molecule has 0 saturated heterocycles. The molecule has 0 aliphatic heterocycles. The minimum absolute atomic E-state index is 0.189. The van der Waals surface area contributed by atoms with Gasteiger partial charge in [0.2, 0.25) is 10.0 Å². The molecule has 0 aliphatic carbocycles. The molecule has 0 atom stereocenters. The summed E-state index contributed by atoms with van der Waals surface area (Å²) in [7, 11) is -3.50. The van der Waals surface area contributed by atoms with Crippen molar-refractivity contribution >= 4 is 15.7 Å². The number of benzene rings is 1. The SMILES string of the molecule is Cc1cc(C)n(CCCNS(=O)(=O)c2cccc(N)c2)n1. The maximum absolute atomic E-state index is 12.1. The van der Waals surface area contributed by atoms with Crippen molar-refractivity contribution in [2.75, 3.05) is 12.3 Å². The smallest absolute Gasteiger partial charge is 0.240 e. The van der Waals surface area contributed by atoms with E-state index >= 15 is 0 Å². The Morgan fingerprint density at radius 1 is 1.29 bits per heavy atom. The number of nitrogens with one attached hydrogen (secondary N) is 1. The monoisotopic (exact) mass is 308 g/mol. The highest BCUT2D eigenvalue weighted by Gasteiger charge is 2.13. The highest BCUT2D eigenvalue weighted by Crippen LogP contribution is 2.12. The molecule has 0 unspecified atom stereocenters. The summed E-state index contributed by atoms with van der Waals surface area (Å²) in [6.45, 7) is 4.96. The molecule has 114 valence electrons. The van der Waals surface area contributed by atoms with Gasteiger partial charge in [-0.3, -0.25) is 4.68 Å². The van der Waals surface area contributed by atoms with Crippen LogP contribution in [0.4, 0.5) is 5.69 Å². The molecule has 0 amide bonds. The van der Waals surface area contributed by atoms with Crippen LogP contribution in [0.3, 0.4) is 0 Å². The van der Waals surface area contributed by atoms with Gasteiger partial charge < -0.3 is 5.73 Å². The van der Waals surface area contributed by atoms with Crippen LogP contribution in [-0.2, 0) is 16.6 Å². The lowest BCUT2D eigenvalue weighted by Crippen LogP contribution is -2.25. The molecule has 1 aromatic carbocycles. The van der Waals surface area contributed by atoms with Gasteiger partial charge in [-0.05, 0) is 44.5 Å². The first kappa shape index (κ1) is 15.5. The number of hydrogen-bond acceptors (Lipinski definition) is 4. The average molecular weight is 308 g/mol. The molecule has 2 aromatic rings. The number of nitrogens with two attached hydrogens (primary N) is 1. The van der Waals surface area contributed by atoms with Crippen LogP contribution in [0.1, 0.15) is 17.8 Å². The van der Waals surface area contributed by atoms with E-state index in [-0.39, 0.29) is 4.90 Å². The van der Waals surface area contributed by atoms with Crippen LogP contribution >= 0.6 is 0 Å². The fourth-order valence-electron chi connectivity index (χ4n) is 2.10. The second kappa shape index (κ2) is 6.28. The lowest BCUT2D eigenvalue weighted by atomic mass is 10.3. The molecule has 21 heavy (non-hydrogen) atoms. The van der Waals surface area contributed by atoms with Crippen LogP contribution in [0.5, 0.6) is 0 Å². The fourth-order valence-corrected chi connectivity index (χ4v) is 3.23. The Hall–Kier alpha value is -1.86. The molecule has 3 N–H and O–H groups in total. The first-order chi connectivity index (χ1) is 9.88. The predicted molar refractivity (Wildman–Crippen MR) is 82.4 cm³/mol. The Bertz CT molecular complexity index is 722. The lowest BCUT2D eigenvalue weighted by Gasteiger charge is -2.08. The normalized spacial score (nSPS) is 11.7. The molecule has 0 bridgehead atoms. The van der Waals surface area contributed by atoms with E-state index in [9.17, 15) is 8.42 Å². The number of anilines is 1. The van der Waals surface area contributed by atoms with E-state index in [0.717, 1.165) is 11.4 Å². The molecule has 0 saturated carbocycles. The Morgan fingerprint density at radius 2 is 2.05 bits per heavy atom. The number of aromatic nitrogens is 2. The number of aryl methyl sites for hydroxylation is 3. The van der Waals surface area contributed by atoms with Crippen LogP contribution in [0, 0.1) is 13.8 Å². The van der Waals surface area contributed by atoms with Gasteiger partial charge in [0, 0.05) is 24.5 Å². The summed E-state index contributed by atoms with van der Waals surface area (Å²) >= 11 is 0. The van der Waals surface area contributed by atoms with E-state index in [0.29, 0.717) is 25.2 Å². The Kier molecular flexibility index (Phi) is 4.64. The van der Waals surface area contributed by atoms with Crippen LogP contribution in [-0.4, -0.2) is 24.7 Å². The Morgan fingerprint density at radius 3 is 2.67 bits per heavy atom. The number of rotatable bonds is 6. The zero-order chi connectivity index (χ0) is 15.5. The van der Waals surface area contributed by atoms with Crippen molar-refractivity contribution in [3.05, 3.63) is 41.7 Å². The first-order valence-electron chi connectivity index (χ1n) is 6.75. The van der Waals surface area contributed by atoms with Gasteiger partial charge in [-0.15, -0.1) is 0 Å². The van der Waals surface area contributed by atoms with Crippen LogP contribution in [0.2, 0.25) is 0 Å². The van der Waals surface area contributed by atoms with Crippen molar-refractivity contribution < 1.29 is 8.42 Å². The molecule has 0 radical (unpaired) electrons. The highest BCUT2D eigenvalue weighted by atomic mass is 32.2. The summed E-state index contributed by atoms with van der Waals surface area (Å²) in [6, 6.07) is 8.25. The van der Waals surface area contributed by atoms with Gasteiger partial charge in [0.05, 0.1) is 10.6 Å². The van der Waals surface area contributed by atoms with Gasteiger partial charge in [-0.25, -0.2) is 13.1 Å². The number of nitrogen functional groups attached to an aromatic ring is 1. The first-order valence-corrected chi connectivity index (χ1v) is 8.23. The van der Waals surface area contributed by atoms with Crippen LogP contribution in [0.25, 0.3) is 0 Å². The lowest BCUT2D eigenvalue weighted by molar-refractivity contribution is 0.544. The maximum atomic E-state index is 12.1. The molecule has 7 heteroatoms. The molecular formula is C14H20N4O2S. The minimum Gasteiger partial charge on any atom is -0.399 e. The third-order valence-corrected chi connectivity index (χ3v) is 4.57. The van der Waals surface area contributed by atoms with Gasteiger partial charge in [-0.2, -0.15) is 5.10 Å². The second-order valence-corrected chi connectivity index (χ2v) is 6.74. The van der Waals surface area contributed by atoms with Crippen molar-refractivity contribution in [1.29, 1.82) is 0 Å². The topological polar surface area (TPSA) is 90.0 Å². The van der Waals surface area contributed by atoms with E-state index in [1.807, 2.05) is 24.6 Å². The van der Waals surface area contributed by atoms with E-state index in [4.69, 9.17) is 5.73 Å². The van der Waals surface area contributed by atoms with Gasteiger partial charge in [0.15, 0.2) is 0 Å². The quantitative estimate of drug-likeness (QED) is 0.624. The summed E-state index contributed by atoms with van der Waals surface area (Å²) < 4.78 is 28.6. The van der Waals surface area contributed by atoms with E-state index in [2.05, 4.69) is 9.82 Å². The van der Waals surface area contributed by atoms with Gasteiger partial charge in [-0.1, -0.05) is 6.07 Å². The zero-order valence-electron chi connectivity index (χ0n) is 12.2. The van der Waals surface area contributed by atoms with Crippen molar-refractivity contribution in [3.8, 4) is 0 Å².